The highest BCUT2D eigenvalue weighted by Gasteiger charge is 2.27. The molecule has 1 aliphatic heterocycles. The Bertz CT molecular complexity index is 958. The van der Waals surface area contributed by atoms with Gasteiger partial charge in [-0.05, 0) is 44.0 Å². The van der Waals surface area contributed by atoms with Crippen molar-refractivity contribution < 1.29 is 14.0 Å². The van der Waals surface area contributed by atoms with Gasteiger partial charge in [-0.2, -0.15) is 0 Å². The second-order valence-electron chi connectivity index (χ2n) is 6.81. The molecule has 4 rings (SSSR count). The molecule has 28 heavy (non-hydrogen) atoms. The van der Waals surface area contributed by atoms with Crippen LogP contribution in [0.25, 0.3) is 10.8 Å². The van der Waals surface area contributed by atoms with Crippen molar-refractivity contribution in [1.29, 1.82) is 0 Å². The number of aryl methyl sites for hydroxylation is 1. The molecule has 1 N–H and O–H groups in total. The zero-order valence-electron chi connectivity index (χ0n) is 15.6. The van der Waals surface area contributed by atoms with E-state index in [0.29, 0.717) is 30.1 Å². The third kappa shape index (κ3) is 3.84. The number of carbonyl (C=O) groups is 2. The number of piperidine rings is 1. The fourth-order valence-electron chi connectivity index (χ4n) is 3.34. The van der Waals surface area contributed by atoms with Gasteiger partial charge in [0.25, 0.3) is 11.8 Å². The lowest BCUT2D eigenvalue weighted by atomic mass is 10.0. The van der Waals surface area contributed by atoms with Gasteiger partial charge in [0.2, 0.25) is 0 Å². The number of hydrogen-bond donors (Lipinski definition) is 1. The molecule has 1 aromatic carbocycles. The molecule has 0 unspecified atom stereocenters. The van der Waals surface area contributed by atoms with E-state index in [1.165, 1.54) is 11.3 Å². The van der Waals surface area contributed by atoms with Crippen LogP contribution in [0.5, 0.6) is 0 Å². The molecule has 1 saturated heterocycles. The minimum Gasteiger partial charge on any atom is -0.462 e. The lowest BCUT2D eigenvalue weighted by Crippen LogP contribution is -2.46. The van der Waals surface area contributed by atoms with Gasteiger partial charge in [-0.15, -0.1) is 11.3 Å². The predicted molar refractivity (Wildman–Crippen MR) is 107 cm³/mol. The van der Waals surface area contributed by atoms with E-state index in [-0.39, 0.29) is 17.9 Å². The maximum Gasteiger partial charge on any atom is 0.273 e. The quantitative estimate of drug-likeness (QED) is 0.730. The summed E-state index contributed by atoms with van der Waals surface area (Å²) in [7, 11) is 0. The second kappa shape index (κ2) is 7.98. The summed E-state index contributed by atoms with van der Waals surface area (Å²) in [5, 5.41) is 3.78. The van der Waals surface area contributed by atoms with Gasteiger partial charge in [0.05, 0.1) is 6.26 Å². The molecule has 144 valence electrons. The first kappa shape index (κ1) is 18.4. The average Bonchev–Trinajstić information content (AvgIpc) is 3.38. The lowest BCUT2D eigenvalue weighted by molar-refractivity contribution is 0.0692. The third-order valence-corrected chi connectivity index (χ3v) is 5.87. The fraction of sp³-hybridized carbons (Fsp3) is 0.286. The van der Waals surface area contributed by atoms with Crippen molar-refractivity contribution >= 4 is 23.2 Å². The van der Waals surface area contributed by atoms with Crippen LogP contribution in [-0.2, 0) is 0 Å². The van der Waals surface area contributed by atoms with Crippen molar-refractivity contribution in [3.8, 4) is 10.8 Å². The molecule has 2 aromatic heterocycles. The van der Waals surface area contributed by atoms with Crippen LogP contribution in [0.3, 0.4) is 0 Å². The number of amides is 2. The highest BCUT2D eigenvalue weighted by Crippen LogP contribution is 2.29. The fourth-order valence-corrected chi connectivity index (χ4v) is 4.21. The number of benzene rings is 1. The standard InChI is InChI=1S/C21H21N3O3S/c1-14-18(23-20(28-14)17-8-5-13-27-17)21(26)24-11-9-16(10-12-24)22-19(25)15-6-3-2-4-7-15/h2-8,13,16H,9-12H2,1H3,(H,22,25). The van der Waals surface area contributed by atoms with Gasteiger partial charge < -0.3 is 14.6 Å². The van der Waals surface area contributed by atoms with Crippen molar-refractivity contribution in [2.45, 2.75) is 25.8 Å². The van der Waals surface area contributed by atoms with Gasteiger partial charge in [-0.3, -0.25) is 9.59 Å². The molecule has 3 aromatic rings. The third-order valence-electron chi connectivity index (χ3n) is 4.88. The molecular weight excluding hydrogens is 374 g/mol. The number of likely N-dealkylation sites (tertiary alicyclic amines) is 1. The second-order valence-corrected chi connectivity index (χ2v) is 8.01. The maximum absolute atomic E-state index is 12.9. The van der Waals surface area contributed by atoms with Gasteiger partial charge in [0.1, 0.15) is 5.69 Å². The Hall–Kier alpha value is -2.93. The summed E-state index contributed by atoms with van der Waals surface area (Å²) < 4.78 is 5.38. The van der Waals surface area contributed by atoms with E-state index in [1.807, 2.05) is 42.2 Å². The highest BCUT2D eigenvalue weighted by molar-refractivity contribution is 7.15. The van der Waals surface area contributed by atoms with Gasteiger partial charge in [-0.1, -0.05) is 18.2 Å². The van der Waals surface area contributed by atoms with Crippen molar-refractivity contribution in [3.05, 3.63) is 64.9 Å². The van der Waals surface area contributed by atoms with Crippen molar-refractivity contribution in [2.75, 3.05) is 13.1 Å². The minimum absolute atomic E-state index is 0.0561. The molecule has 3 heterocycles. The average molecular weight is 395 g/mol. The molecule has 0 radical (unpaired) electrons. The number of nitrogens with one attached hydrogen (secondary N) is 1. The summed E-state index contributed by atoms with van der Waals surface area (Å²) in [5.41, 5.74) is 1.15. The maximum atomic E-state index is 12.9. The van der Waals surface area contributed by atoms with Crippen LogP contribution in [0, 0.1) is 6.92 Å². The molecule has 0 bridgehead atoms. The van der Waals surface area contributed by atoms with Crippen molar-refractivity contribution in [2.24, 2.45) is 0 Å². The molecule has 1 fully saturated rings. The van der Waals surface area contributed by atoms with E-state index >= 15 is 0 Å². The summed E-state index contributed by atoms with van der Waals surface area (Å²) in [5.74, 6) is 0.553. The Balaban J connectivity index is 1.36. The summed E-state index contributed by atoms with van der Waals surface area (Å²) in [6.45, 7) is 3.11. The number of nitrogens with zero attached hydrogens (tertiary/aromatic N) is 2. The zero-order valence-corrected chi connectivity index (χ0v) is 16.4. The largest absolute Gasteiger partial charge is 0.462 e. The monoisotopic (exact) mass is 395 g/mol. The summed E-state index contributed by atoms with van der Waals surface area (Å²) in [4.78, 5) is 32.4. The van der Waals surface area contributed by atoms with Crippen LogP contribution in [-0.4, -0.2) is 40.8 Å². The van der Waals surface area contributed by atoms with Crippen LogP contribution < -0.4 is 5.32 Å². The normalized spacial score (nSPS) is 14.8. The Kier molecular flexibility index (Phi) is 5.25. The summed E-state index contributed by atoms with van der Waals surface area (Å²) in [6.07, 6.45) is 3.07. The molecule has 0 saturated carbocycles. The van der Waals surface area contributed by atoms with Crippen LogP contribution in [0.4, 0.5) is 0 Å². The first-order valence-electron chi connectivity index (χ1n) is 9.28. The highest BCUT2D eigenvalue weighted by atomic mass is 32.1. The van der Waals surface area contributed by atoms with E-state index in [9.17, 15) is 9.59 Å². The molecule has 1 aliphatic rings. The zero-order chi connectivity index (χ0) is 19.5. The number of thiazole rings is 1. The topological polar surface area (TPSA) is 75.4 Å². The smallest absolute Gasteiger partial charge is 0.273 e. The van der Waals surface area contributed by atoms with E-state index in [4.69, 9.17) is 4.42 Å². The Morgan fingerprint density at radius 3 is 2.57 bits per heavy atom. The SMILES string of the molecule is Cc1sc(-c2ccco2)nc1C(=O)N1CCC(NC(=O)c2ccccc2)CC1. The van der Waals surface area contributed by atoms with E-state index < -0.39 is 0 Å². The lowest BCUT2D eigenvalue weighted by Gasteiger charge is -2.32. The molecule has 2 amide bonds. The first-order chi connectivity index (χ1) is 13.6. The number of hydrogen-bond acceptors (Lipinski definition) is 5. The molecule has 6 nitrogen and oxygen atoms in total. The van der Waals surface area contributed by atoms with Gasteiger partial charge in [0, 0.05) is 29.6 Å². The van der Waals surface area contributed by atoms with Crippen LogP contribution in [0.15, 0.2) is 53.1 Å². The Labute approximate surface area is 167 Å². The number of carbonyl (C=O) groups excluding carboxylic acids is 2. The molecule has 0 aliphatic carbocycles. The first-order valence-corrected chi connectivity index (χ1v) is 10.1. The Morgan fingerprint density at radius 2 is 1.89 bits per heavy atom. The number of aromatic nitrogens is 1. The van der Waals surface area contributed by atoms with Crippen LogP contribution >= 0.6 is 11.3 Å². The molecule has 7 heteroatoms. The molecule has 0 atom stereocenters. The van der Waals surface area contributed by atoms with E-state index in [2.05, 4.69) is 10.3 Å². The molecular formula is C21H21N3O3S. The number of furan rings is 1. The number of rotatable bonds is 4. The van der Waals surface area contributed by atoms with Crippen molar-refractivity contribution in [3.63, 3.8) is 0 Å². The predicted octanol–water partition coefficient (Wildman–Crippen LogP) is 3.75. The van der Waals surface area contributed by atoms with Gasteiger partial charge >= 0.3 is 0 Å². The van der Waals surface area contributed by atoms with E-state index in [1.54, 1.807) is 18.4 Å². The Morgan fingerprint density at radius 1 is 1.14 bits per heavy atom. The minimum atomic E-state index is -0.0659. The van der Waals surface area contributed by atoms with E-state index in [0.717, 1.165) is 22.7 Å². The van der Waals surface area contributed by atoms with Crippen LogP contribution in [0.2, 0.25) is 0 Å². The van der Waals surface area contributed by atoms with Crippen molar-refractivity contribution in [1.82, 2.24) is 15.2 Å². The van der Waals surface area contributed by atoms with Gasteiger partial charge in [0.15, 0.2) is 10.8 Å². The van der Waals surface area contributed by atoms with Crippen LogP contribution in [0.1, 0.15) is 38.6 Å². The van der Waals surface area contributed by atoms with Gasteiger partial charge in [-0.25, -0.2) is 4.98 Å². The summed E-state index contributed by atoms with van der Waals surface area (Å²) >= 11 is 1.46. The molecule has 0 spiro atoms. The summed E-state index contributed by atoms with van der Waals surface area (Å²) in [6, 6.07) is 12.9.